The fraction of sp³-hybridized carbons (Fsp3) is 0.143. The Kier molecular flexibility index (Phi) is 3.28. The van der Waals surface area contributed by atoms with E-state index < -0.39 is 5.97 Å². The maximum absolute atomic E-state index is 10.3. The molecule has 0 fully saturated rings. The van der Waals surface area contributed by atoms with Gasteiger partial charge in [0.05, 0.1) is 12.1 Å². The molecule has 5 heteroatoms. The number of pyridine rings is 1. The lowest BCUT2D eigenvalue weighted by Gasteiger charge is -1.97. The number of aromatic nitrogens is 1. The first-order chi connectivity index (χ1) is 5.58. The minimum absolute atomic E-state index is 0.0867. The van der Waals surface area contributed by atoms with Gasteiger partial charge in [0.15, 0.2) is 0 Å². The Morgan fingerprint density at radius 1 is 1.67 bits per heavy atom. The average Bonchev–Trinajstić information content (AvgIpc) is 1.81. The molecule has 0 aliphatic rings. The van der Waals surface area contributed by atoms with E-state index in [1.165, 1.54) is 0 Å². The third-order valence-corrected chi connectivity index (χ3v) is 1.96. The van der Waals surface area contributed by atoms with Gasteiger partial charge in [0.25, 0.3) is 0 Å². The zero-order valence-corrected chi connectivity index (χ0v) is 8.83. The Hall–Kier alpha value is -0.360. The molecule has 0 unspecified atom stereocenters. The number of carbonyl (C=O) groups is 1. The molecule has 1 heterocycles. The minimum Gasteiger partial charge on any atom is -0.481 e. The second kappa shape index (κ2) is 4.04. The van der Waals surface area contributed by atoms with E-state index in [1.54, 1.807) is 12.1 Å². The maximum Gasteiger partial charge on any atom is 0.309 e. The topological polar surface area (TPSA) is 50.2 Å². The van der Waals surface area contributed by atoms with Crippen LogP contribution in [0.4, 0.5) is 0 Å². The van der Waals surface area contributed by atoms with Crippen LogP contribution in [-0.2, 0) is 11.2 Å². The molecule has 0 radical (unpaired) electrons. The van der Waals surface area contributed by atoms with Crippen molar-refractivity contribution in [2.75, 3.05) is 0 Å². The predicted molar refractivity (Wildman–Crippen MR) is 53.3 cm³/mol. The summed E-state index contributed by atoms with van der Waals surface area (Å²) in [5, 5.41) is 8.79. The van der Waals surface area contributed by atoms with Gasteiger partial charge in [0, 0.05) is 3.57 Å². The lowest BCUT2D eigenvalue weighted by atomic mass is 10.3. The van der Waals surface area contributed by atoms with Gasteiger partial charge in [-0.1, -0.05) is 11.6 Å². The molecule has 0 saturated carbocycles. The van der Waals surface area contributed by atoms with E-state index in [1.807, 2.05) is 0 Å². The zero-order chi connectivity index (χ0) is 9.14. The first-order valence-corrected chi connectivity index (χ1v) is 4.57. The number of rotatable bonds is 2. The highest BCUT2D eigenvalue weighted by molar-refractivity contribution is 14.1. The third kappa shape index (κ3) is 2.94. The van der Waals surface area contributed by atoms with Crippen molar-refractivity contribution < 1.29 is 9.90 Å². The Morgan fingerprint density at radius 3 is 2.83 bits per heavy atom. The molecule has 64 valence electrons. The second-order valence-electron chi connectivity index (χ2n) is 2.17. The number of nitrogens with zero attached hydrogens (tertiary/aromatic N) is 1. The lowest BCUT2D eigenvalue weighted by molar-refractivity contribution is -0.136. The van der Waals surface area contributed by atoms with E-state index in [2.05, 4.69) is 27.6 Å². The number of halogens is 2. The number of hydrogen-bond donors (Lipinski definition) is 1. The summed E-state index contributed by atoms with van der Waals surface area (Å²) >= 11 is 7.69. The van der Waals surface area contributed by atoms with Gasteiger partial charge in [-0.25, -0.2) is 4.98 Å². The third-order valence-electron chi connectivity index (χ3n) is 1.14. The molecular formula is C7H5ClINO2. The van der Waals surface area contributed by atoms with Crippen LogP contribution in [0.25, 0.3) is 0 Å². The molecule has 0 aliphatic heterocycles. The monoisotopic (exact) mass is 297 g/mol. The van der Waals surface area contributed by atoms with Crippen LogP contribution in [0.5, 0.6) is 0 Å². The quantitative estimate of drug-likeness (QED) is 0.671. The Labute approximate surface area is 87.9 Å². The highest BCUT2D eigenvalue weighted by Crippen LogP contribution is 2.12. The fourth-order valence-corrected chi connectivity index (χ4v) is 1.83. The van der Waals surface area contributed by atoms with Crippen molar-refractivity contribution >= 4 is 40.2 Å². The molecule has 1 rings (SSSR count). The zero-order valence-electron chi connectivity index (χ0n) is 5.92. The van der Waals surface area contributed by atoms with Crippen molar-refractivity contribution in [3.8, 4) is 0 Å². The van der Waals surface area contributed by atoms with Crippen LogP contribution in [0.1, 0.15) is 5.69 Å². The molecule has 1 aromatic heterocycles. The molecular weight excluding hydrogens is 292 g/mol. The van der Waals surface area contributed by atoms with Crippen LogP contribution in [0.2, 0.25) is 5.15 Å². The first kappa shape index (κ1) is 9.73. The van der Waals surface area contributed by atoms with Gasteiger partial charge in [-0.2, -0.15) is 0 Å². The lowest BCUT2D eigenvalue weighted by Crippen LogP contribution is -2.02. The summed E-state index contributed by atoms with van der Waals surface area (Å²) in [7, 11) is 0. The van der Waals surface area contributed by atoms with E-state index in [4.69, 9.17) is 16.7 Å². The summed E-state index contributed by atoms with van der Waals surface area (Å²) in [5.41, 5.74) is 0.486. The van der Waals surface area contributed by atoms with Gasteiger partial charge in [-0.3, -0.25) is 4.79 Å². The van der Waals surface area contributed by atoms with Crippen LogP contribution in [-0.4, -0.2) is 16.1 Å². The molecule has 0 atom stereocenters. The second-order valence-corrected chi connectivity index (χ2v) is 3.80. The highest BCUT2D eigenvalue weighted by atomic mass is 127. The van der Waals surface area contributed by atoms with Crippen molar-refractivity contribution in [3.05, 3.63) is 26.5 Å². The molecule has 3 nitrogen and oxygen atoms in total. The molecule has 0 bridgehead atoms. The highest BCUT2D eigenvalue weighted by Gasteiger charge is 2.03. The van der Waals surface area contributed by atoms with E-state index in [0.717, 1.165) is 3.57 Å². The van der Waals surface area contributed by atoms with Crippen molar-refractivity contribution in [2.45, 2.75) is 6.42 Å². The number of hydrogen-bond acceptors (Lipinski definition) is 2. The van der Waals surface area contributed by atoms with Gasteiger partial charge in [0.2, 0.25) is 0 Å². The summed E-state index contributed by atoms with van der Waals surface area (Å²) in [5.74, 6) is -0.902. The van der Waals surface area contributed by atoms with Gasteiger partial charge < -0.3 is 5.11 Å². The largest absolute Gasteiger partial charge is 0.481 e. The standard InChI is InChI=1S/C7H5ClINO2/c8-6-2-4(9)1-5(10-6)3-7(11)12/h1-2H,3H2,(H,11,12). The fourth-order valence-electron chi connectivity index (χ4n) is 0.762. The van der Waals surface area contributed by atoms with E-state index >= 15 is 0 Å². The normalized spacial score (nSPS) is 9.83. The van der Waals surface area contributed by atoms with E-state index in [9.17, 15) is 4.79 Å². The molecule has 0 aliphatic carbocycles. The van der Waals surface area contributed by atoms with Crippen LogP contribution in [0.3, 0.4) is 0 Å². The van der Waals surface area contributed by atoms with Gasteiger partial charge in [0.1, 0.15) is 5.15 Å². The van der Waals surface area contributed by atoms with Crippen LogP contribution >= 0.6 is 34.2 Å². The van der Waals surface area contributed by atoms with Gasteiger partial charge in [-0.05, 0) is 34.7 Å². The van der Waals surface area contributed by atoms with Crippen LogP contribution in [0, 0.1) is 3.57 Å². The van der Waals surface area contributed by atoms with Crippen LogP contribution in [0.15, 0.2) is 12.1 Å². The van der Waals surface area contributed by atoms with Crippen molar-refractivity contribution in [2.24, 2.45) is 0 Å². The SMILES string of the molecule is O=C(O)Cc1cc(I)cc(Cl)n1. The minimum atomic E-state index is -0.902. The molecule has 1 aromatic rings. The van der Waals surface area contributed by atoms with Crippen molar-refractivity contribution in [3.63, 3.8) is 0 Å². The first-order valence-electron chi connectivity index (χ1n) is 3.11. The number of aliphatic carboxylic acids is 1. The van der Waals surface area contributed by atoms with Crippen molar-refractivity contribution in [1.29, 1.82) is 0 Å². The van der Waals surface area contributed by atoms with Gasteiger partial charge in [-0.15, -0.1) is 0 Å². The van der Waals surface area contributed by atoms with Crippen molar-refractivity contribution in [1.82, 2.24) is 4.98 Å². The summed E-state index contributed by atoms with van der Waals surface area (Å²) in [6.07, 6.45) is -0.0867. The smallest absolute Gasteiger partial charge is 0.309 e. The summed E-state index contributed by atoms with van der Waals surface area (Å²) in [6, 6.07) is 3.37. The Morgan fingerprint density at radius 2 is 2.33 bits per heavy atom. The molecule has 0 spiro atoms. The summed E-state index contributed by atoms with van der Waals surface area (Å²) in [6.45, 7) is 0. The molecule has 0 aromatic carbocycles. The molecule has 12 heavy (non-hydrogen) atoms. The summed E-state index contributed by atoms with van der Waals surface area (Å²) in [4.78, 5) is 14.2. The summed E-state index contributed by atoms with van der Waals surface area (Å²) < 4.78 is 0.892. The molecule has 1 N–H and O–H groups in total. The average molecular weight is 297 g/mol. The van der Waals surface area contributed by atoms with E-state index in [-0.39, 0.29) is 6.42 Å². The van der Waals surface area contributed by atoms with Crippen LogP contribution < -0.4 is 0 Å². The van der Waals surface area contributed by atoms with E-state index in [0.29, 0.717) is 10.8 Å². The Balaban J connectivity index is 2.93. The Bertz CT molecular complexity index is 296. The maximum atomic E-state index is 10.3. The predicted octanol–water partition coefficient (Wildman–Crippen LogP) is 1.97. The molecule has 0 saturated heterocycles. The number of carboxylic acid groups (broad SMARTS) is 1. The number of carboxylic acids is 1. The molecule has 0 amide bonds. The van der Waals surface area contributed by atoms with Gasteiger partial charge >= 0.3 is 5.97 Å².